The van der Waals surface area contributed by atoms with Crippen LogP contribution in [-0.4, -0.2) is 50.7 Å². The summed E-state index contributed by atoms with van der Waals surface area (Å²) in [5.74, 6) is 1.74. The van der Waals surface area contributed by atoms with Crippen molar-refractivity contribution in [3.8, 4) is 0 Å². The van der Waals surface area contributed by atoms with Gasteiger partial charge in [-0.2, -0.15) is 0 Å². The molecule has 98 valence electrons. The van der Waals surface area contributed by atoms with E-state index in [-0.39, 0.29) is 5.92 Å². The van der Waals surface area contributed by atoms with Gasteiger partial charge in [0.15, 0.2) is 0 Å². The molecule has 2 aliphatic rings. The maximum Gasteiger partial charge on any atom is 0.225 e. The third-order valence-electron chi connectivity index (χ3n) is 4.24. The Bertz CT molecular complexity index is 258. The van der Waals surface area contributed by atoms with E-state index in [1.54, 1.807) is 7.11 Å². The zero-order chi connectivity index (χ0) is 12.3. The standard InChI is InChI=1S/C13H24N2O2/c1-10(12-7-14-8-12)13(16)15-5-3-11(4-6-15)9-17-2/h10-12,14H,3-9H2,1-2H3. The second-order valence-electron chi connectivity index (χ2n) is 5.43. The summed E-state index contributed by atoms with van der Waals surface area (Å²) in [5.41, 5.74) is 0. The number of nitrogens with one attached hydrogen (secondary N) is 1. The normalized spacial score (nSPS) is 24.5. The Morgan fingerprint density at radius 2 is 2.06 bits per heavy atom. The first-order valence-electron chi connectivity index (χ1n) is 6.70. The topological polar surface area (TPSA) is 41.6 Å². The van der Waals surface area contributed by atoms with Crippen molar-refractivity contribution in [1.82, 2.24) is 10.2 Å². The molecule has 4 heteroatoms. The van der Waals surface area contributed by atoms with Crippen LogP contribution in [0, 0.1) is 17.8 Å². The van der Waals surface area contributed by atoms with Gasteiger partial charge in [0, 0.05) is 32.7 Å². The van der Waals surface area contributed by atoms with Crippen LogP contribution in [-0.2, 0) is 9.53 Å². The van der Waals surface area contributed by atoms with Crippen LogP contribution >= 0.6 is 0 Å². The molecule has 0 aromatic carbocycles. The van der Waals surface area contributed by atoms with E-state index < -0.39 is 0 Å². The highest BCUT2D eigenvalue weighted by Crippen LogP contribution is 2.23. The maximum atomic E-state index is 12.3. The molecular weight excluding hydrogens is 216 g/mol. The number of piperidine rings is 1. The van der Waals surface area contributed by atoms with E-state index in [0.717, 1.165) is 45.6 Å². The molecule has 0 radical (unpaired) electrons. The van der Waals surface area contributed by atoms with Crippen molar-refractivity contribution in [2.75, 3.05) is 39.9 Å². The molecule has 1 atom stereocenters. The smallest absolute Gasteiger partial charge is 0.225 e. The number of ether oxygens (including phenoxy) is 1. The number of rotatable bonds is 4. The fourth-order valence-corrected chi connectivity index (χ4v) is 2.71. The largest absolute Gasteiger partial charge is 0.384 e. The van der Waals surface area contributed by atoms with E-state index in [2.05, 4.69) is 17.1 Å². The number of hydrogen-bond donors (Lipinski definition) is 1. The summed E-state index contributed by atoms with van der Waals surface area (Å²) in [7, 11) is 1.75. The minimum atomic E-state index is 0.190. The molecular formula is C13H24N2O2. The molecule has 1 amide bonds. The molecule has 1 N–H and O–H groups in total. The van der Waals surface area contributed by atoms with Crippen molar-refractivity contribution in [1.29, 1.82) is 0 Å². The minimum Gasteiger partial charge on any atom is -0.384 e. The monoisotopic (exact) mass is 240 g/mol. The van der Waals surface area contributed by atoms with Gasteiger partial charge in [-0.25, -0.2) is 0 Å². The Morgan fingerprint density at radius 1 is 1.41 bits per heavy atom. The van der Waals surface area contributed by atoms with E-state index in [0.29, 0.717) is 17.7 Å². The Labute approximate surface area is 104 Å². The number of likely N-dealkylation sites (tertiary alicyclic amines) is 1. The van der Waals surface area contributed by atoms with Crippen LogP contribution in [0.4, 0.5) is 0 Å². The van der Waals surface area contributed by atoms with Crippen molar-refractivity contribution >= 4 is 5.91 Å². The summed E-state index contributed by atoms with van der Waals surface area (Å²) in [4.78, 5) is 14.3. The Hall–Kier alpha value is -0.610. The second-order valence-corrected chi connectivity index (χ2v) is 5.43. The SMILES string of the molecule is COCC1CCN(C(=O)C(C)C2CNC2)CC1. The zero-order valence-electron chi connectivity index (χ0n) is 10.9. The zero-order valence-corrected chi connectivity index (χ0v) is 10.9. The van der Waals surface area contributed by atoms with Crippen LogP contribution in [0.15, 0.2) is 0 Å². The van der Waals surface area contributed by atoms with Gasteiger partial charge < -0.3 is 15.0 Å². The predicted molar refractivity (Wildman–Crippen MR) is 66.7 cm³/mol. The lowest BCUT2D eigenvalue weighted by Crippen LogP contribution is -2.51. The average Bonchev–Trinajstić information content (AvgIpc) is 2.27. The first kappa shape index (κ1) is 12.8. The lowest BCUT2D eigenvalue weighted by molar-refractivity contribution is -0.139. The second kappa shape index (κ2) is 5.83. The lowest BCUT2D eigenvalue weighted by Gasteiger charge is -2.37. The number of amides is 1. The van der Waals surface area contributed by atoms with Crippen LogP contribution in [0.1, 0.15) is 19.8 Å². The number of hydrogen-bond acceptors (Lipinski definition) is 3. The molecule has 0 bridgehead atoms. The summed E-state index contributed by atoms with van der Waals surface area (Å²) >= 11 is 0. The molecule has 17 heavy (non-hydrogen) atoms. The van der Waals surface area contributed by atoms with Crippen LogP contribution in [0.5, 0.6) is 0 Å². The average molecular weight is 240 g/mol. The van der Waals surface area contributed by atoms with Gasteiger partial charge in [0.05, 0.1) is 0 Å². The molecule has 2 rings (SSSR count). The maximum absolute atomic E-state index is 12.3. The fraction of sp³-hybridized carbons (Fsp3) is 0.923. The first-order chi connectivity index (χ1) is 8.22. The molecule has 2 saturated heterocycles. The quantitative estimate of drug-likeness (QED) is 0.787. The van der Waals surface area contributed by atoms with Crippen molar-refractivity contribution in [3.63, 3.8) is 0 Å². The van der Waals surface area contributed by atoms with Gasteiger partial charge in [-0.05, 0) is 37.8 Å². The van der Waals surface area contributed by atoms with Gasteiger partial charge in [0.25, 0.3) is 0 Å². The Balaban J connectivity index is 1.77. The number of nitrogens with zero attached hydrogens (tertiary/aromatic N) is 1. The van der Waals surface area contributed by atoms with Gasteiger partial charge in [-0.1, -0.05) is 6.92 Å². The van der Waals surface area contributed by atoms with Crippen molar-refractivity contribution in [2.24, 2.45) is 17.8 Å². The van der Waals surface area contributed by atoms with Gasteiger partial charge >= 0.3 is 0 Å². The molecule has 4 nitrogen and oxygen atoms in total. The van der Waals surface area contributed by atoms with Gasteiger partial charge in [0.2, 0.25) is 5.91 Å². The number of carbonyl (C=O) groups excluding carboxylic acids is 1. The van der Waals surface area contributed by atoms with Gasteiger partial charge in [-0.3, -0.25) is 4.79 Å². The van der Waals surface area contributed by atoms with Crippen molar-refractivity contribution in [2.45, 2.75) is 19.8 Å². The summed E-state index contributed by atoms with van der Waals surface area (Å²) in [6.45, 7) is 6.76. The van der Waals surface area contributed by atoms with E-state index in [9.17, 15) is 4.79 Å². The molecule has 0 aromatic rings. The Morgan fingerprint density at radius 3 is 2.53 bits per heavy atom. The fourth-order valence-electron chi connectivity index (χ4n) is 2.71. The highest BCUT2D eigenvalue weighted by atomic mass is 16.5. The number of methoxy groups -OCH3 is 1. The number of carbonyl (C=O) groups is 1. The molecule has 2 fully saturated rings. The predicted octanol–water partition coefficient (Wildman–Crippen LogP) is 0.727. The van der Waals surface area contributed by atoms with E-state index in [1.165, 1.54) is 0 Å². The highest BCUT2D eigenvalue weighted by molar-refractivity contribution is 5.79. The summed E-state index contributed by atoms with van der Waals surface area (Å²) < 4.78 is 5.18. The molecule has 1 unspecified atom stereocenters. The van der Waals surface area contributed by atoms with Gasteiger partial charge in [-0.15, -0.1) is 0 Å². The Kier molecular flexibility index (Phi) is 4.40. The van der Waals surface area contributed by atoms with Crippen LogP contribution in [0.25, 0.3) is 0 Å². The molecule has 0 aliphatic carbocycles. The van der Waals surface area contributed by atoms with Crippen molar-refractivity contribution in [3.05, 3.63) is 0 Å². The van der Waals surface area contributed by atoms with Gasteiger partial charge in [0.1, 0.15) is 0 Å². The summed E-state index contributed by atoms with van der Waals surface area (Å²) in [6.07, 6.45) is 2.18. The molecule has 2 aliphatic heterocycles. The molecule has 0 saturated carbocycles. The summed E-state index contributed by atoms with van der Waals surface area (Å²) in [5, 5.41) is 3.24. The molecule has 0 spiro atoms. The first-order valence-corrected chi connectivity index (χ1v) is 6.70. The van der Waals surface area contributed by atoms with Crippen molar-refractivity contribution < 1.29 is 9.53 Å². The highest BCUT2D eigenvalue weighted by Gasteiger charge is 2.33. The summed E-state index contributed by atoms with van der Waals surface area (Å²) in [6, 6.07) is 0. The van der Waals surface area contributed by atoms with E-state index in [1.807, 2.05) is 0 Å². The minimum absolute atomic E-state index is 0.190. The van der Waals surface area contributed by atoms with E-state index >= 15 is 0 Å². The molecule has 2 heterocycles. The molecule has 0 aromatic heterocycles. The third-order valence-corrected chi connectivity index (χ3v) is 4.24. The van der Waals surface area contributed by atoms with E-state index in [4.69, 9.17) is 4.74 Å². The van der Waals surface area contributed by atoms with Crippen LogP contribution in [0.2, 0.25) is 0 Å². The third kappa shape index (κ3) is 2.99. The lowest BCUT2D eigenvalue weighted by atomic mass is 9.87. The van der Waals surface area contributed by atoms with Crippen LogP contribution < -0.4 is 5.32 Å². The van der Waals surface area contributed by atoms with Crippen LogP contribution in [0.3, 0.4) is 0 Å².